The molecule has 1 aromatic rings. The van der Waals surface area contributed by atoms with Crippen LogP contribution in [0.2, 0.25) is 0 Å². The average molecular weight is 349 g/mol. The summed E-state index contributed by atoms with van der Waals surface area (Å²) in [6.07, 6.45) is -3.71. The third kappa shape index (κ3) is 4.16. The first-order valence-corrected chi connectivity index (χ1v) is 7.84. The molecule has 0 saturated carbocycles. The number of nitrogens with one attached hydrogen (secondary N) is 1. The van der Waals surface area contributed by atoms with Crippen LogP contribution in [0.3, 0.4) is 0 Å². The van der Waals surface area contributed by atoms with E-state index in [1.165, 1.54) is 0 Å². The number of hydrogen-bond acceptors (Lipinski definition) is 4. The summed E-state index contributed by atoms with van der Waals surface area (Å²) < 4.78 is 39.9. The summed E-state index contributed by atoms with van der Waals surface area (Å²) in [4.78, 5) is 25.7. The minimum absolute atomic E-state index is 0.0583. The zero-order valence-corrected chi connectivity index (χ0v) is 13.9. The minimum Gasteiger partial charge on any atom is -0.353 e. The maximum atomic E-state index is 12.8. The third-order valence-corrected chi connectivity index (χ3v) is 3.98. The van der Waals surface area contributed by atoms with Gasteiger partial charge in [0.2, 0.25) is 11.7 Å². The van der Waals surface area contributed by atoms with E-state index in [-0.39, 0.29) is 24.5 Å². The van der Waals surface area contributed by atoms with Gasteiger partial charge in [0.1, 0.15) is 0 Å². The number of amides is 1. The van der Waals surface area contributed by atoms with Crippen molar-refractivity contribution in [3.8, 4) is 0 Å². The fraction of sp³-hybridized carbons (Fsp3) is 0.786. The summed E-state index contributed by atoms with van der Waals surface area (Å²) in [6.45, 7) is 5.04. The Morgan fingerprint density at radius 3 is 2.38 bits per heavy atom. The highest BCUT2D eigenvalue weighted by atomic mass is 19.4. The SMILES string of the molecule is CC(C)NC(=O)CN1CCC(n2nc(C(F)(F)F)n(C)c2=O)CC1. The van der Waals surface area contributed by atoms with E-state index in [0.29, 0.717) is 30.5 Å². The maximum Gasteiger partial charge on any atom is 0.451 e. The van der Waals surface area contributed by atoms with Gasteiger partial charge in [-0.05, 0) is 26.7 Å². The standard InChI is InChI=1S/C14H22F3N5O2/c1-9(2)18-11(23)8-21-6-4-10(5-7-21)22-13(24)20(3)12(19-22)14(15,16)17/h9-10H,4-8H2,1-3H3,(H,18,23). The van der Waals surface area contributed by atoms with Gasteiger partial charge in [-0.1, -0.05) is 0 Å². The zero-order valence-electron chi connectivity index (χ0n) is 13.9. The van der Waals surface area contributed by atoms with Crippen LogP contribution in [0.4, 0.5) is 13.2 Å². The van der Waals surface area contributed by atoms with Crippen molar-refractivity contribution >= 4 is 5.91 Å². The molecule has 0 atom stereocenters. The molecule has 136 valence electrons. The lowest BCUT2D eigenvalue weighted by atomic mass is 10.1. The van der Waals surface area contributed by atoms with E-state index in [0.717, 1.165) is 11.7 Å². The molecular formula is C14H22F3N5O2. The van der Waals surface area contributed by atoms with Crippen LogP contribution < -0.4 is 11.0 Å². The Morgan fingerprint density at radius 1 is 1.33 bits per heavy atom. The number of carbonyl (C=O) groups is 1. The summed E-state index contributed by atoms with van der Waals surface area (Å²) in [6, 6.07) is -0.327. The van der Waals surface area contributed by atoms with Gasteiger partial charge in [-0.25, -0.2) is 9.48 Å². The van der Waals surface area contributed by atoms with Crippen molar-refractivity contribution in [2.75, 3.05) is 19.6 Å². The largest absolute Gasteiger partial charge is 0.451 e. The molecule has 0 bridgehead atoms. The highest BCUT2D eigenvalue weighted by molar-refractivity contribution is 5.78. The predicted molar refractivity (Wildman–Crippen MR) is 80.5 cm³/mol. The second-order valence-corrected chi connectivity index (χ2v) is 6.34. The number of nitrogens with zero attached hydrogens (tertiary/aromatic N) is 4. The van der Waals surface area contributed by atoms with Crippen LogP contribution in [0.15, 0.2) is 4.79 Å². The van der Waals surface area contributed by atoms with Crippen molar-refractivity contribution in [1.82, 2.24) is 24.6 Å². The summed E-state index contributed by atoms with van der Waals surface area (Å²) >= 11 is 0. The summed E-state index contributed by atoms with van der Waals surface area (Å²) in [7, 11) is 1.07. The second-order valence-electron chi connectivity index (χ2n) is 6.34. The third-order valence-electron chi connectivity index (χ3n) is 3.98. The molecule has 0 unspecified atom stereocenters. The molecule has 1 fully saturated rings. The first-order chi connectivity index (χ1) is 11.1. The fourth-order valence-electron chi connectivity index (χ4n) is 2.83. The molecular weight excluding hydrogens is 327 g/mol. The van der Waals surface area contributed by atoms with Crippen LogP contribution in [0.25, 0.3) is 0 Å². The molecule has 1 aromatic heterocycles. The molecule has 10 heteroatoms. The summed E-state index contributed by atoms with van der Waals surface area (Å²) in [5, 5.41) is 6.27. The van der Waals surface area contributed by atoms with E-state index in [1.54, 1.807) is 0 Å². The Kier molecular flexibility index (Phi) is 5.36. The van der Waals surface area contributed by atoms with Crippen LogP contribution in [0.1, 0.15) is 38.6 Å². The summed E-state index contributed by atoms with van der Waals surface area (Å²) in [5.41, 5.74) is -0.765. The van der Waals surface area contributed by atoms with Gasteiger partial charge in [-0.2, -0.15) is 13.2 Å². The van der Waals surface area contributed by atoms with Crippen molar-refractivity contribution in [3.05, 3.63) is 16.3 Å². The average Bonchev–Trinajstić information content (AvgIpc) is 2.75. The lowest BCUT2D eigenvalue weighted by molar-refractivity contribution is -0.147. The van der Waals surface area contributed by atoms with Crippen molar-refractivity contribution in [2.45, 2.75) is 44.9 Å². The monoisotopic (exact) mass is 349 g/mol. The first kappa shape index (κ1) is 18.5. The molecule has 0 spiro atoms. The number of aromatic nitrogens is 3. The molecule has 2 rings (SSSR count). The molecule has 0 aliphatic carbocycles. The molecule has 0 aromatic carbocycles. The smallest absolute Gasteiger partial charge is 0.353 e. The van der Waals surface area contributed by atoms with Crippen LogP contribution in [0.5, 0.6) is 0 Å². The number of halogens is 3. The van der Waals surface area contributed by atoms with Gasteiger partial charge in [0.15, 0.2) is 0 Å². The predicted octanol–water partition coefficient (Wildman–Crippen LogP) is 0.762. The molecule has 7 nitrogen and oxygen atoms in total. The Balaban J connectivity index is 2.00. The molecule has 1 amide bonds. The molecule has 1 aliphatic rings. The van der Waals surface area contributed by atoms with Crippen LogP contribution in [0, 0.1) is 0 Å². The Hall–Kier alpha value is -1.84. The van der Waals surface area contributed by atoms with Gasteiger partial charge in [0.25, 0.3) is 0 Å². The fourth-order valence-corrected chi connectivity index (χ4v) is 2.83. The molecule has 2 heterocycles. The van der Waals surface area contributed by atoms with Gasteiger partial charge in [-0.3, -0.25) is 14.3 Å². The number of piperidine rings is 1. The Morgan fingerprint density at radius 2 is 1.92 bits per heavy atom. The van der Waals surface area contributed by atoms with Crippen molar-refractivity contribution in [2.24, 2.45) is 7.05 Å². The zero-order chi connectivity index (χ0) is 18.1. The van der Waals surface area contributed by atoms with E-state index < -0.39 is 17.7 Å². The van der Waals surface area contributed by atoms with Crippen LogP contribution in [-0.4, -0.2) is 50.8 Å². The Labute approximate surface area is 137 Å². The second kappa shape index (κ2) is 6.96. The molecule has 1 aliphatic heterocycles. The maximum absolute atomic E-state index is 12.8. The van der Waals surface area contributed by atoms with Gasteiger partial charge >= 0.3 is 11.9 Å². The highest BCUT2D eigenvalue weighted by Crippen LogP contribution is 2.27. The lowest BCUT2D eigenvalue weighted by Gasteiger charge is -2.31. The van der Waals surface area contributed by atoms with E-state index in [4.69, 9.17) is 0 Å². The molecule has 1 saturated heterocycles. The quantitative estimate of drug-likeness (QED) is 0.871. The number of hydrogen-bond donors (Lipinski definition) is 1. The van der Waals surface area contributed by atoms with Gasteiger partial charge in [-0.15, -0.1) is 5.10 Å². The molecule has 24 heavy (non-hydrogen) atoms. The number of alkyl halides is 3. The number of carbonyl (C=O) groups excluding carboxylic acids is 1. The van der Waals surface area contributed by atoms with Crippen molar-refractivity contribution in [1.29, 1.82) is 0 Å². The van der Waals surface area contributed by atoms with Crippen molar-refractivity contribution < 1.29 is 18.0 Å². The van der Waals surface area contributed by atoms with Crippen molar-refractivity contribution in [3.63, 3.8) is 0 Å². The highest BCUT2D eigenvalue weighted by Gasteiger charge is 2.39. The lowest BCUT2D eigenvalue weighted by Crippen LogP contribution is -2.44. The first-order valence-electron chi connectivity index (χ1n) is 7.84. The topological polar surface area (TPSA) is 72.2 Å². The normalized spacial score (nSPS) is 17.5. The van der Waals surface area contributed by atoms with E-state index in [2.05, 4.69) is 10.4 Å². The van der Waals surface area contributed by atoms with Crippen LogP contribution >= 0.6 is 0 Å². The van der Waals surface area contributed by atoms with E-state index in [1.807, 2.05) is 18.7 Å². The summed E-state index contributed by atoms with van der Waals surface area (Å²) in [5.74, 6) is -1.27. The van der Waals surface area contributed by atoms with Gasteiger partial charge in [0.05, 0.1) is 12.6 Å². The van der Waals surface area contributed by atoms with Crippen LogP contribution in [-0.2, 0) is 18.0 Å². The van der Waals surface area contributed by atoms with E-state index in [9.17, 15) is 22.8 Å². The van der Waals surface area contributed by atoms with E-state index >= 15 is 0 Å². The number of likely N-dealkylation sites (tertiary alicyclic amines) is 1. The van der Waals surface area contributed by atoms with Gasteiger partial charge in [0, 0.05) is 26.2 Å². The Bertz CT molecular complexity index is 642. The molecule has 1 N–H and O–H groups in total. The minimum atomic E-state index is -4.66. The number of rotatable bonds is 4. The van der Waals surface area contributed by atoms with Gasteiger partial charge < -0.3 is 5.32 Å². The molecule has 0 radical (unpaired) electrons.